The van der Waals surface area contributed by atoms with Gasteiger partial charge >= 0.3 is 0 Å². The van der Waals surface area contributed by atoms with E-state index < -0.39 is 49.3 Å². The summed E-state index contributed by atoms with van der Waals surface area (Å²) in [5, 5.41) is 5.24. The molecule has 0 spiro atoms. The standard InChI is InChI=1S/C22H21F4N3O2S/c1-28(2)13-9-12(10-14(11-13)29(3)4)17-18(20(24)22(26)21(25)19(17)23)15-7-5-6-8-16(15)32(27,30)31/h5-11H,1-4H3,(H2,27,30,31). The van der Waals surface area contributed by atoms with Crippen molar-refractivity contribution in [1.82, 2.24) is 0 Å². The average Bonchev–Trinajstić information content (AvgIpc) is 2.73. The van der Waals surface area contributed by atoms with Gasteiger partial charge in [-0.1, -0.05) is 18.2 Å². The number of hydrogen-bond donors (Lipinski definition) is 1. The first-order valence-electron chi connectivity index (χ1n) is 9.32. The van der Waals surface area contributed by atoms with Crippen LogP contribution in [0.3, 0.4) is 0 Å². The maximum Gasteiger partial charge on any atom is 0.238 e. The van der Waals surface area contributed by atoms with Gasteiger partial charge < -0.3 is 9.80 Å². The van der Waals surface area contributed by atoms with Crippen molar-refractivity contribution in [3.05, 3.63) is 65.7 Å². The van der Waals surface area contributed by atoms with Gasteiger partial charge in [-0.05, 0) is 29.8 Å². The highest BCUT2D eigenvalue weighted by Gasteiger charge is 2.30. The fourth-order valence-corrected chi connectivity index (χ4v) is 4.08. The van der Waals surface area contributed by atoms with Crippen molar-refractivity contribution in [3.63, 3.8) is 0 Å². The second-order valence-corrected chi connectivity index (χ2v) is 9.10. The molecule has 0 aromatic heterocycles. The van der Waals surface area contributed by atoms with Crippen LogP contribution in [0.4, 0.5) is 28.9 Å². The Morgan fingerprint density at radius 3 is 1.66 bits per heavy atom. The maximum atomic E-state index is 15.2. The van der Waals surface area contributed by atoms with Crippen LogP contribution in [0.2, 0.25) is 0 Å². The van der Waals surface area contributed by atoms with E-state index in [1.54, 1.807) is 44.1 Å². The predicted octanol–water partition coefficient (Wildman–Crippen LogP) is 4.36. The molecule has 0 amide bonds. The van der Waals surface area contributed by atoms with Crippen LogP contribution < -0.4 is 14.9 Å². The van der Waals surface area contributed by atoms with E-state index >= 15 is 8.78 Å². The highest BCUT2D eigenvalue weighted by Crippen LogP contribution is 2.43. The van der Waals surface area contributed by atoms with Crippen LogP contribution in [-0.4, -0.2) is 36.6 Å². The molecule has 3 rings (SSSR count). The normalized spacial score (nSPS) is 11.5. The lowest BCUT2D eigenvalue weighted by atomic mass is 9.92. The highest BCUT2D eigenvalue weighted by atomic mass is 32.2. The minimum atomic E-state index is -4.40. The van der Waals surface area contributed by atoms with Gasteiger partial charge in [-0.15, -0.1) is 0 Å². The molecular weight excluding hydrogens is 446 g/mol. The third-order valence-corrected chi connectivity index (χ3v) is 5.92. The number of sulfonamides is 1. The zero-order valence-corrected chi connectivity index (χ0v) is 18.6. The summed E-state index contributed by atoms with van der Waals surface area (Å²) in [5.74, 6) is -7.43. The van der Waals surface area contributed by atoms with E-state index in [4.69, 9.17) is 5.14 Å². The lowest BCUT2D eigenvalue weighted by Crippen LogP contribution is -2.15. The molecule has 10 heteroatoms. The van der Waals surface area contributed by atoms with Gasteiger partial charge in [-0.3, -0.25) is 0 Å². The van der Waals surface area contributed by atoms with Crippen LogP contribution >= 0.6 is 0 Å². The van der Waals surface area contributed by atoms with E-state index in [-0.39, 0.29) is 11.1 Å². The van der Waals surface area contributed by atoms with E-state index in [1.165, 1.54) is 24.3 Å². The Morgan fingerprint density at radius 2 is 1.19 bits per heavy atom. The van der Waals surface area contributed by atoms with Gasteiger partial charge in [0.2, 0.25) is 10.0 Å². The lowest BCUT2D eigenvalue weighted by molar-refractivity contribution is 0.412. The summed E-state index contributed by atoms with van der Waals surface area (Å²) in [5.41, 5.74) is -0.588. The van der Waals surface area contributed by atoms with Crippen molar-refractivity contribution in [1.29, 1.82) is 0 Å². The van der Waals surface area contributed by atoms with E-state index in [1.807, 2.05) is 0 Å². The first-order valence-corrected chi connectivity index (χ1v) is 10.9. The number of benzene rings is 3. The predicted molar refractivity (Wildman–Crippen MR) is 117 cm³/mol. The maximum absolute atomic E-state index is 15.2. The number of nitrogens with zero attached hydrogens (tertiary/aromatic N) is 2. The van der Waals surface area contributed by atoms with Gasteiger partial charge in [0.25, 0.3) is 0 Å². The van der Waals surface area contributed by atoms with Crippen molar-refractivity contribution >= 4 is 21.4 Å². The van der Waals surface area contributed by atoms with Crippen LogP contribution in [0.15, 0.2) is 47.4 Å². The van der Waals surface area contributed by atoms with Gasteiger partial charge in [0.05, 0.1) is 4.90 Å². The number of anilines is 2. The summed E-state index contributed by atoms with van der Waals surface area (Å²) in [6.07, 6.45) is 0. The van der Waals surface area contributed by atoms with Crippen molar-refractivity contribution < 1.29 is 26.0 Å². The Hall–Kier alpha value is -3.11. The zero-order valence-electron chi connectivity index (χ0n) is 17.7. The van der Waals surface area contributed by atoms with Gasteiger partial charge in [0.15, 0.2) is 23.3 Å². The van der Waals surface area contributed by atoms with Crippen LogP contribution in [0.25, 0.3) is 22.3 Å². The lowest BCUT2D eigenvalue weighted by Gasteiger charge is -2.22. The molecule has 0 fully saturated rings. The Morgan fingerprint density at radius 1 is 0.719 bits per heavy atom. The third kappa shape index (κ3) is 4.15. The Labute approximate surface area is 183 Å². The van der Waals surface area contributed by atoms with Gasteiger partial charge in [0.1, 0.15) is 0 Å². The van der Waals surface area contributed by atoms with Crippen LogP contribution in [0, 0.1) is 23.3 Å². The van der Waals surface area contributed by atoms with Crippen molar-refractivity contribution in [2.24, 2.45) is 5.14 Å². The molecule has 2 N–H and O–H groups in total. The quantitative estimate of drug-likeness (QED) is 0.344. The molecule has 5 nitrogen and oxygen atoms in total. The van der Waals surface area contributed by atoms with E-state index in [9.17, 15) is 17.2 Å². The van der Waals surface area contributed by atoms with Crippen LogP contribution in [0.5, 0.6) is 0 Å². The Kier molecular flexibility index (Phi) is 6.21. The number of nitrogens with two attached hydrogens (primary N) is 1. The van der Waals surface area contributed by atoms with Crippen LogP contribution in [0.1, 0.15) is 0 Å². The summed E-state index contributed by atoms with van der Waals surface area (Å²) in [7, 11) is 2.48. The smallest absolute Gasteiger partial charge is 0.238 e. The second-order valence-electron chi connectivity index (χ2n) is 7.57. The number of rotatable bonds is 5. The molecule has 0 heterocycles. The van der Waals surface area contributed by atoms with E-state index in [0.29, 0.717) is 11.4 Å². The van der Waals surface area contributed by atoms with Gasteiger partial charge in [-0.2, -0.15) is 0 Å². The molecule has 0 unspecified atom stereocenters. The largest absolute Gasteiger partial charge is 0.378 e. The van der Waals surface area contributed by atoms with Gasteiger partial charge in [-0.25, -0.2) is 31.1 Å². The summed E-state index contributed by atoms with van der Waals surface area (Å²) >= 11 is 0. The number of primary sulfonamides is 1. The minimum Gasteiger partial charge on any atom is -0.378 e. The number of halogens is 4. The molecule has 0 radical (unpaired) electrons. The zero-order chi connectivity index (χ0) is 24.0. The molecule has 0 saturated heterocycles. The topological polar surface area (TPSA) is 66.6 Å². The molecule has 0 bridgehead atoms. The first-order chi connectivity index (χ1) is 14.8. The van der Waals surface area contributed by atoms with Crippen molar-refractivity contribution in [2.75, 3.05) is 38.0 Å². The number of hydrogen-bond acceptors (Lipinski definition) is 4. The summed E-state index contributed by atoms with van der Waals surface area (Å²) in [6.45, 7) is 0. The first kappa shape index (κ1) is 23.6. The molecule has 3 aromatic carbocycles. The molecule has 170 valence electrons. The fraction of sp³-hybridized carbons (Fsp3) is 0.182. The highest BCUT2D eigenvalue weighted by molar-refractivity contribution is 7.89. The molecule has 0 aliphatic carbocycles. The van der Waals surface area contributed by atoms with Crippen molar-refractivity contribution in [2.45, 2.75) is 4.90 Å². The second kappa shape index (κ2) is 8.44. The Bertz CT molecular complexity index is 1280. The molecule has 0 saturated carbocycles. The van der Waals surface area contributed by atoms with E-state index in [2.05, 4.69) is 0 Å². The van der Waals surface area contributed by atoms with Crippen molar-refractivity contribution in [3.8, 4) is 22.3 Å². The van der Waals surface area contributed by atoms with Gasteiger partial charge in [0, 0.05) is 56.3 Å². The van der Waals surface area contributed by atoms with Crippen LogP contribution in [-0.2, 0) is 10.0 Å². The summed E-state index contributed by atoms with van der Waals surface area (Å²) in [6, 6.07) is 9.60. The SMILES string of the molecule is CN(C)c1cc(-c2c(F)c(F)c(F)c(F)c2-c2ccccc2S(N)(=O)=O)cc(N(C)C)c1. The monoisotopic (exact) mass is 467 g/mol. The third-order valence-electron chi connectivity index (χ3n) is 4.95. The molecular formula is C22H21F4N3O2S. The van der Waals surface area contributed by atoms with E-state index in [0.717, 1.165) is 12.1 Å². The summed E-state index contributed by atoms with van der Waals surface area (Å²) < 4.78 is 83.1. The average molecular weight is 467 g/mol. The molecule has 0 aliphatic rings. The summed E-state index contributed by atoms with van der Waals surface area (Å²) in [4.78, 5) is 2.84. The molecule has 32 heavy (non-hydrogen) atoms. The fourth-order valence-electron chi connectivity index (χ4n) is 3.33. The molecule has 0 atom stereocenters. The Balaban J connectivity index is 2.53. The molecule has 0 aliphatic heterocycles. The minimum absolute atomic E-state index is 0.0226. The molecule has 3 aromatic rings.